The molecule has 0 aliphatic carbocycles. The van der Waals surface area contributed by atoms with E-state index in [0.29, 0.717) is 35.7 Å². The number of anilines is 2. The normalized spacial score (nSPS) is 17.2. The smallest absolute Gasteiger partial charge is 0.263 e. The molecule has 1 amide bonds. The van der Waals surface area contributed by atoms with Gasteiger partial charge in [0.05, 0.1) is 23.1 Å². The SMILES string of the molecule is C[C@H](C(=O)N1CCN(c2ccc(S(=O)(=O)Nc3nccs3)cc2)C[C@H]1CO)n1ccc2c(F)cccc21.[HH].[HH]. The molecular weight excluding hydrogens is 517 g/mol. The van der Waals surface area contributed by atoms with Crippen molar-refractivity contribution >= 4 is 49.0 Å². The van der Waals surface area contributed by atoms with Crippen LogP contribution in [-0.4, -0.2) is 66.2 Å². The van der Waals surface area contributed by atoms with E-state index in [9.17, 15) is 22.7 Å². The van der Waals surface area contributed by atoms with Gasteiger partial charge in [-0.1, -0.05) is 6.07 Å². The summed E-state index contributed by atoms with van der Waals surface area (Å²) in [5.74, 6) is -0.495. The van der Waals surface area contributed by atoms with Crippen molar-refractivity contribution in [3.8, 4) is 0 Å². The maximum absolute atomic E-state index is 14.1. The molecule has 1 saturated heterocycles. The lowest BCUT2D eigenvalue weighted by Gasteiger charge is -2.42. The first-order valence-corrected chi connectivity index (χ1v) is 14.1. The van der Waals surface area contributed by atoms with E-state index in [4.69, 9.17) is 0 Å². The highest BCUT2D eigenvalue weighted by Gasteiger charge is 2.33. The maximum Gasteiger partial charge on any atom is 0.263 e. The number of rotatable bonds is 7. The summed E-state index contributed by atoms with van der Waals surface area (Å²) in [7, 11) is -3.75. The average Bonchev–Trinajstić information content (AvgIpc) is 3.58. The Labute approximate surface area is 220 Å². The van der Waals surface area contributed by atoms with Gasteiger partial charge in [-0.2, -0.15) is 0 Å². The Balaban J connectivity index is 0.00000210. The predicted octanol–water partition coefficient (Wildman–Crippen LogP) is 3.80. The van der Waals surface area contributed by atoms with Gasteiger partial charge in [0.1, 0.15) is 11.9 Å². The second kappa shape index (κ2) is 10.1. The minimum atomic E-state index is -3.75. The molecule has 3 heterocycles. The van der Waals surface area contributed by atoms with Gasteiger partial charge in [0.25, 0.3) is 10.0 Å². The van der Waals surface area contributed by atoms with Crippen molar-refractivity contribution in [2.24, 2.45) is 0 Å². The third-order valence-corrected chi connectivity index (χ3v) is 8.80. The first kappa shape index (κ1) is 25.2. The lowest BCUT2D eigenvalue weighted by Crippen LogP contribution is -2.57. The zero-order valence-electron chi connectivity index (χ0n) is 20.0. The van der Waals surface area contributed by atoms with Crippen LogP contribution in [0.4, 0.5) is 15.2 Å². The van der Waals surface area contributed by atoms with Crippen LogP contribution in [0.15, 0.2) is 71.2 Å². The van der Waals surface area contributed by atoms with Crippen molar-refractivity contribution in [2.45, 2.75) is 23.9 Å². The molecule has 0 bridgehead atoms. The summed E-state index contributed by atoms with van der Waals surface area (Å²) in [4.78, 5) is 21.2. The van der Waals surface area contributed by atoms with E-state index in [2.05, 4.69) is 9.71 Å². The topological polar surface area (TPSA) is 108 Å². The number of aromatic nitrogens is 2. The number of fused-ring (bicyclic) bond motifs is 1. The highest BCUT2D eigenvalue weighted by Crippen LogP contribution is 2.27. The molecule has 0 unspecified atom stereocenters. The molecule has 0 spiro atoms. The Kier molecular flexibility index (Phi) is 6.88. The van der Waals surface area contributed by atoms with Gasteiger partial charge in [-0.05, 0) is 49.4 Å². The lowest BCUT2D eigenvalue weighted by molar-refractivity contribution is -0.138. The minimum Gasteiger partial charge on any atom is -0.394 e. The number of hydrogen-bond acceptors (Lipinski definition) is 7. The van der Waals surface area contributed by atoms with Crippen LogP contribution in [-0.2, 0) is 14.8 Å². The van der Waals surface area contributed by atoms with Crippen molar-refractivity contribution in [3.63, 3.8) is 0 Å². The third kappa shape index (κ3) is 4.91. The second-order valence-electron chi connectivity index (χ2n) is 8.82. The number of halogens is 1. The number of benzene rings is 2. The van der Waals surface area contributed by atoms with Crippen LogP contribution < -0.4 is 9.62 Å². The highest BCUT2D eigenvalue weighted by atomic mass is 32.2. The fourth-order valence-corrected chi connectivity index (χ4v) is 6.46. The number of nitrogens with one attached hydrogen (secondary N) is 1. The number of sulfonamides is 1. The van der Waals surface area contributed by atoms with E-state index in [1.54, 1.807) is 58.3 Å². The van der Waals surface area contributed by atoms with Gasteiger partial charge >= 0.3 is 0 Å². The molecule has 37 heavy (non-hydrogen) atoms. The molecule has 12 heteroatoms. The van der Waals surface area contributed by atoms with Gasteiger partial charge < -0.3 is 19.5 Å². The van der Waals surface area contributed by atoms with E-state index in [0.717, 1.165) is 5.69 Å². The summed E-state index contributed by atoms with van der Waals surface area (Å²) in [6.45, 7) is 2.83. The number of hydrogen-bond donors (Lipinski definition) is 2. The summed E-state index contributed by atoms with van der Waals surface area (Å²) in [5, 5.41) is 12.5. The van der Waals surface area contributed by atoms with E-state index in [1.165, 1.54) is 35.7 Å². The van der Waals surface area contributed by atoms with Gasteiger partial charge in [0, 0.05) is 51.3 Å². The number of aliphatic hydroxyl groups is 1. The Morgan fingerprint density at radius 3 is 2.73 bits per heavy atom. The zero-order chi connectivity index (χ0) is 26.2. The molecule has 0 saturated carbocycles. The van der Waals surface area contributed by atoms with E-state index < -0.39 is 22.1 Å². The van der Waals surface area contributed by atoms with Crippen LogP contribution in [0, 0.1) is 5.82 Å². The molecular formula is C25H30FN5O4S2. The summed E-state index contributed by atoms with van der Waals surface area (Å²) in [6.07, 6.45) is 3.23. The summed E-state index contributed by atoms with van der Waals surface area (Å²) in [6, 6.07) is 11.9. The largest absolute Gasteiger partial charge is 0.394 e. The number of carbonyl (C=O) groups excluding carboxylic acids is 1. The van der Waals surface area contributed by atoms with Gasteiger partial charge in [0.2, 0.25) is 5.91 Å². The van der Waals surface area contributed by atoms with E-state index in [1.807, 2.05) is 4.90 Å². The molecule has 0 radical (unpaired) electrons. The van der Waals surface area contributed by atoms with E-state index >= 15 is 0 Å². The van der Waals surface area contributed by atoms with Gasteiger partial charge in [-0.25, -0.2) is 17.8 Å². The van der Waals surface area contributed by atoms with Crippen molar-refractivity contribution in [1.29, 1.82) is 0 Å². The third-order valence-electron chi connectivity index (χ3n) is 6.63. The molecule has 1 aliphatic heterocycles. The molecule has 1 aliphatic rings. The van der Waals surface area contributed by atoms with Crippen molar-refractivity contribution in [2.75, 3.05) is 35.9 Å². The van der Waals surface area contributed by atoms with Crippen LogP contribution in [0.1, 0.15) is 15.8 Å². The number of aliphatic hydroxyl groups excluding tert-OH is 1. The summed E-state index contributed by atoms with van der Waals surface area (Å²) < 4.78 is 43.5. The van der Waals surface area contributed by atoms with E-state index in [-0.39, 0.29) is 26.1 Å². The van der Waals surface area contributed by atoms with Crippen LogP contribution in [0.5, 0.6) is 0 Å². The highest BCUT2D eigenvalue weighted by molar-refractivity contribution is 7.93. The van der Waals surface area contributed by atoms with Gasteiger partial charge in [-0.15, -0.1) is 11.3 Å². The van der Waals surface area contributed by atoms with Gasteiger partial charge in [0.15, 0.2) is 5.13 Å². The van der Waals surface area contributed by atoms with Crippen LogP contribution in [0.2, 0.25) is 0 Å². The first-order chi connectivity index (χ1) is 17.8. The summed E-state index contributed by atoms with van der Waals surface area (Å²) >= 11 is 1.19. The zero-order valence-corrected chi connectivity index (χ0v) is 21.6. The van der Waals surface area contributed by atoms with Crippen LogP contribution in [0.3, 0.4) is 0 Å². The fourth-order valence-electron chi connectivity index (χ4n) is 4.67. The van der Waals surface area contributed by atoms with Crippen LogP contribution >= 0.6 is 11.3 Å². The fraction of sp³-hybridized carbons (Fsp3) is 0.280. The van der Waals surface area contributed by atoms with Crippen molar-refractivity contribution in [3.05, 3.63) is 72.1 Å². The van der Waals surface area contributed by atoms with Crippen molar-refractivity contribution in [1.82, 2.24) is 14.5 Å². The molecule has 2 atom stereocenters. The number of nitrogens with zero attached hydrogens (tertiary/aromatic N) is 4. The molecule has 2 aromatic carbocycles. The van der Waals surface area contributed by atoms with Crippen LogP contribution in [0.25, 0.3) is 10.9 Å². The number of carbonyl (C=O) groups is 1. The number of amides is 1. The predicted molar refractivity (Wildman–Crippen MR) is 145 cm³/mol. The minimum absolute atomic E-state index is 0. The molecule has 2 aromatic heterocycles. The number of thiazole rings is 1. The lowest BCUT2D eigenvalue weighted by atomic mass is 10.1. The number of piperazine rings is 1. The Morgan fingerprint density at radius 2 is 2.03 bits per heavy atom. The Morgan fingerprint density at radius 1 is 1.24 bits per heavy atom. The molecule has 1 fully saturated rings. The second-order valence-corrected chi connectivity index (χ2v) is 11.4. The standard InChI is InChI=1S/C25H26FN5O4S2.2H2/c1-17(30-11-9-21-22(26)3-2-4-23(21)30)24(33)31-13-12-29(15-19(31)16-32)18-5-7-20(8-6-18)37(34,35)28-25-27-10-14-36-25;;/h2-11,14,17,19,32H,12-13,15-16H2,1H3,(H,27,28);2*1H/t17-,19+;;/m1../s1. The maximum atomic E-state index is 14.1. The van der Waals surface area contributed by atoms with Gasteiger partial charge in [-0.3, -0.25) is 9.52 Å². The average molecular weight is 548 g/mol. The first-order valence-electron chi connectivity index (χ1n) is 11.7. The molecule has 4 aromatic rings. The summed E-state index contributed by atoms with van der Waals surface area (Å²) in [5.41, 5.74) is 1.43. The molecule has 9 nitrogen and oxygen atoms in total. The monoisotopic (exact) mass is 547 g/mol. The molecule has 198 valence electrons. The quantitative estimate of drug-likeness (QED) is 0.365. The Bertz CT molecular complexity index is 1520. The van der Waals surface area contributed by atoms with Crippen molar-refractivity contribution < 1.29 is 25.6 Å². The molecule has 5 rings (SSSR count). The Hall–Kier alpha value is -3.48. The molecule has 2 N–H and O–H groups in total.